The van der Waals surface area contributed by atoms with Crippen molar-refractivity contribution in [1.29, 1.82) is 0 Å². The highest BCUT2D eigenvalue weighted by Gasteiger charge is 2.33. The molecule has 4 atom stereocenters. The van der Waals surface area contributed by atoms with Gasteiger partial charge in [-0.05, 0) is 38.0 Å². The molecular weight excluding hydrogens is 248 g/mol. The van der Waals surface area contributed by atoms with E-state index in [4.69, 9.17) is 5.73 Å². The second-order valence-electron chi connectivity index (χ2n) is 6.30. The summed E-state index contributed by atoms with van der Waals surface area (Å²) in [5.74, 6) is 1.93. The van der Waals surface area contributed by atoms with E-state index >= 15 is 0 Å². The molecule has 0 spiro atoms. The van der Waals surface area contributed by atoms with Crippen molar-refractivity contribution in [3.05, 3.63) is 0 Å². The molecule has 4 nitrogen and oxygen atoms in total. The number of hydrogen-bond acceptors (Lipinski definition) is 4. The Morgan fingerprint density at radius 3 is 2.67 bits per heavy atom. The fourth-order valence-corrected chi connectivity index (χ4v) is 4.96. The zero-order valence-electron chi connectivity index (χ0n) is 11.5. The Bertz CT molecular complexity index is 382. The van der Waals surface area contributed by atoms with Crippen LogP contribution in [0.1, 0.15) is 33.1 Å². The van der Waals surface area contributed by atoms with Crippen LogP contribution in [-0.4, -0.2) is 50.0 Å². The Balaban J connectivity index is 1.93. The summed E-state index contributed by atoms with van der Waals surface area (Å²) in [4.78, 5) is 2.32. The van der Waals surface area contributed by atoms with E-state index in [-0.39, 0.29) is 6.04 Å². The molecule has 2 fully saturated rings. The Morgan fingerprint density at radius 1 is 1.28 bits per heavy atom. The van der Waals surface area contributed by atoms with Crippen LogP contribution in [0.5, 0.6) is 0 Å². The third-order valence-electron chi connectivity index (χ3n) is 4.58. The Hall–Kier alpha value is -0.130. The average Bonchev–Trinajstić information content (AvgIpc) is 2.26. The van der Waals surface area contributed by atoms with Crippen LogP contribution < -0.4 is 5.73 Å². The SMILES string of the molecule is CC1CCC(N)C(CN2CCS(=O)(=O)CC2C)C1. The van der Waals surface area contributed by atoms with Gasteiger partial charge in [-0.25, -0.2) is 8.42 Å². The summed E-state index contributed by atoms with van der Waals surface area (Å²) < 4.78 is 23.1. The van der Waals surface area contributed by atoms with Gasteiger partial charge in [0.15, 0.2) is 9.84 Å². The minimum absolute atomic E-state index is 0.146. The summed E-state index contributed by atoms with van der Waals surface area (Å²) in [6.45, 7) is 5.97. The van der Waals surface area contributed by atoms with Gasteiger partial charge in [0.1, 0.15) is 0 Å². The summed E-state index contributed by atoms with van der Waals surface area (Å²) in [5, 5.41) is 0. The van der Waals surface area contributed by atoms with E-state index in [9.17, 15) is 8.42 Å². The molecule has 5 heteroatoms. The molecule has 0 aromatic rings. The van der Waals surface area contributed by atoms with Crippen LogP contribution in [0.3, 0.4) is 0 Å². The molecule has 106 valence electrons. The molecule has 0 amide bonds. The molecule has 4 unspecified atom stereocenters. The molecule has 2 aliphatic rings. The molecule has 0 aromatic heterocycles. The summed E-state index contributed by atoms with van der Waals surface area (Å²) in [7, 11) is -2.80. The lowest BCUT2D eigenvalue weighted by Crippen LogP contribution is -2.51. The maximum absolute atomic E-state index is 11.6. The largest absolute Gasteiger partial charge is 0.327 e. The van der Waals surface area contributed by atoms with Crippen molar-refractivity contribution in [3.8, 4) is 0 Å². The predicted molar refractivity (Wildman–Crippen MR) is 74.2 cm³/mol. The third kappa shape index (κ3) is 3.45. The molecule has 0 radical (unpaired) electrons. The van der Waals surface area contributed by atoms with Crippen LogP contribution >= 0.6 is 0 Å². The molecule has 2 N–H and O–H groups in total. The first-order chi connectivity index (χ1) is 8.37. The smallest absolute Gasteiger partial charge is 0.153 e. The quantitative estimate of drug-likeness (QED) is 0.811. The van der Waals surface area contributed by atoms with Gasteiger partial charge in [0.25, 0.3) is 0 Å². The number of nitrogens with two attached hydrogens (primary N) is 1. The van der Waals surface area contributed by atoms with E-state index in [0.717, 1.165) is 18.9 Å². The number of sulfone groups is 1. The Labute approximate surface area is 111 Å². The lowest BCUT2D eigenvalue weighted by atomic mass is 9.79. The van der Waals surface area contributed by atoms with Crippen LogP contribution in [0, 0.1) is 11.8 Å². The molecule has 18 heavy (non-hydrogen) atoms. The summed E-state index contributed by atoms with van der Waals surface area (Å²) in [5.41, 5.74) is 6.21. The van der Waals surface area contributed by atoms with Gasteiger partial charge in [0.05, 0.1) is 11.5 Å². The summed E-state index contributed by atoms with van der Waals surface area (Å²) >= 11 is 0. The fraction of sp³-hybridized carbons (Fsp3) is 1.00. The zero-order chi connectivity index (χ0) is 13.3. The van der Waals surface area contributed by atoms with Crippen LogP contribution in [0.25, 0.3) is 0 Å². The average molecular weight is 274 g/mol. The summed E-state index contributed by atoms with van der Waals surface area (Å²) in [6.07, 6.45) is 3.55. The van der Waals surface area contributed by atoms with Gasteiger partial charge in [-0.1, -0.05) is 6.92 Å². The van der Waals surface area contributed by atoms with Gasteiger partial charge in [-0.15, -0.1) is 0 Å². The van der Waals surface area contributed by atoms with Gasteiger partial charge in [-0.3, -0.25) is 4.90 Å². The van der Waals surface area contributed by atoms with Crippen molar-refractivity contribution in [2.45, 2.75) is 45.2 Å². The second-order valence-corrected chi connectivity index (χ2v) is 8.53. The molecule has 1 heterocycles. The molecule has 0 bridgehead atoms. The van der Waals surface area contributed by atoms with Gasteiger partial charge in [0.2, 0.25) is 0 Å². The van der Waals surface area contributed by atoms with Crippen molar-refractivity contribution in [2.75, 3.05) is 24.6 Å². The molecular formula is C13H26N2O2S. The van der Waals surface area contributed by atoms with E-state index in [1.807, 2.05) is 6.92 Å². The Kier molecular flexibility index (Phi) is 4.34. The van der Waals surface area contributed by atoms with Crippen LogP contribution in [-0.2, 0) is 9.84 Å². The van der Waals surface area contributed by atoms with E-state index in [0.29, 0.717) is 30.0 Å². The summed E-state index contributed by atoms with van der Waals surface area (Å²) in [6, 6.07) is 0.445. The van der Waals surface area contributed by atoms with Crippen molar-refractivity contribution in [1.82, 2.24) is 4.90 Å². The van der Waals surface area contributed by atoms with E-state index in [2.05, 4.69) is 11.8 Å². The third-order valence-corrected chi connectivity index (χ3v) is 6.38. The molecule has 1 aliphatic heterocycles. The van der Waals surface area contributed by atoms with Crippen molar-refractivity contribution in [3.63, 3.8) is 0 Å². The first-order valence-electron chi connectivity index (χ1n) is 7.07. The van der Waals surface area contributed by atoms with E-state index < -0.39 is 9.84 Å². The monoisotopic (exact) mass is 274 g/mol. The van der Waals surface area contributed by atoms with Crippen molar-refractivity contribution in [2.24, 2.45) is 17.6 Å². The lowest BCUT2D eigenvalue weighted by Gasteiger charge is -2.40. The molecule has 1 saturated carbocycles. The molecule has 1 aliphatic carbocycles. The highest BCUT2D eigenvalue weighted by molar-refractivity contribution is 7.91. The minimum atomic E-state index is -2.80. The number of hydrogen-bond donors (Lipinski definition) is 1. The van der Waals surface area contributed by atoms with Crippen molar-refractivity contribution < 1.29 is 8.42 Å². The normalized spacial score (nSPS) is 41.7. The van der Waals surface area contributed by atoms with Gasteiger partial charge < -0.3 is 5.73 Å². The first-order valence-corrected chi connectivity index (χ1v) is 8.89. The predicted octanol–water partition coefficient (Wildman–Crippen LogP) is 0.869. The zero-order valence-corrected chi connectivity index (χ0v) is 12.3. The van der Waals surface area contributed by atoms with Gasteiger partial charge in [0, 0.05) is 25.2 Å². The van der Waals surface area contributed by atoms with Crippen LogP contribution in [0.4, 0.5) is 0 Å². The maximum Gasteiger partial charge on any atom is 0.153 e. The number of nitrogens with zero attached hydrogens (tertiary/aromatic N) is 1. The van der Waals surface area contributed by atoms with E-state index in [1.165, 1.54) is 12.8 Å². The van der Waals surface area contributed by atoms with Crippen molar-refractivity contribution >= 4 is 9.84 Å². The fourth-order valence-electron chi connectivity index (χ4n) is 3.34. The highest BCUT2D eigenvalue weighted by atomic mass is 32.2. The molecule has 2 rings (SSSR count). The number of rotatable bonds is 2. The maximum atomic E-state index is 11.6. The Morgan fingerprint density at radius 2 is 2.00 bits per heavy atom. The minimum Gasteiger partial charge on any atom is -0.327 e. The van der Waals surface area contributed by atoms with E-state index in [1.54, 1.807) is 0 Å². The topological polar surface area (TPSA) is 63.4 Å². The van der Waals surface area contributed by atoms with Crippen LogP contribution in [0.15, 0.2) is 0 Å². The van der Waals surface area contributed by atoms with Crippen LogP contribution in [0.2, 0.25) is 0 Å². The standard InChI is InChI=1S/C13H26N2O2S/c1-10-3-4-13(14)12(7-10)8-15-5-6-18(16,17)9-11(15)2/h10-13H,3-9,14H2,1-2H3. The molecule has 0 aromatic carbocycles. The highest BCUT2D eigenvalue weighted by Crippen LogP contribution is 2.29. The van der Waals surface area contributed by atoms with Gasteiger partial charge >= 0.3 is 0 Å². The lowest BCUT2D eigenvalue weighted by molar-refractivity contribution is 0.139. The molecule has 1 saturated heterocycles. The first kappa shape index (κ1) is 14.3. The van der Waals surface area contributed by atoms with Gasteiger partial charge in [-0.2, -0.15) is 0 Å². The second kappa shape index (κ2) is 5.47.